The van der Waals surface area contributed by atoms with Gasteiger partial charge in [0.1, 0.15) is 12.2 Å². The Morgan fingerprint density at radius 3 is 2.82 bits per heavy atom. The zero-order valence-electron chi connectivity index (χ0n) is 10.9. The molecule has 0 unspecified atom stereocenters. The van der Waals surface area contributed by atoms with Crippen LogP contribution in [0.25, 0.3) is 0 Å². The Hall–Kier alpha value is -0.160. The summed E-state index contributed by atoms with van der Waals surface area (Å²) in [5.41, 5.74) is 0. The molecule has 17 heavy (non-hydrogen) atoms. The molecule has 0 aromatic carbocycles. The fraction of sp³-hybridized carbons (Fsp3) is 1.00. The van der Waals surface area contributed by atoms with E-state index in [4.69, 9.17) is 9.47 Å². The van der Waals surface area contributed by atoms with E-state index in [0.29, 0.717) is 17.9 Å². The van der Waals surface area contributed by atoms with Crippen molar-refractivity contribution in [3.63, 3.8) is 0 Å². The summed E-state index contributed by atoms with van der Waals surface area (Å²) in [4.78, 5) is 2.45. The molecule has 4 heteroatoms. The standard InChI is InChI=1S/C13H23NO3/c1-8-4-5-14-6-10-12(11(14)9(8)7-15)17-13(2,3)16-10/h8-12,15H,4-7H2,1-3H3/t8-,9+,10-,11-,12-/m1/s1. The van der Waals surface area contributed by atoms with Gasteiger partial charge in [0, 0.05) is 25.1 Å². The molecule has 3 aliphatic rings. The average molecular weight is 241 g/mol. The molecule has 98 valence electrons. The molecular formula is C13H23NO3. The molecule has 0 amide bonds. The lowest BCUT2D eigenvalue weighted by molar-refractivity contribution is -0.169. The third-order valence-corrected chi connectivity index (χ3v) is 4.65. The van der Waals surface area contributed by atoms with Gasteiger partial charge in [-0.3, -0.25) is 4.90 Å². The van der Waals surface area contributed by atoms with Gasteiger partial charge in [-0.15, -0.1) is 0 Å². The Bertz CT molecular complexity index is 307. The van der Waals surface area contributed by atoms with Gasteiger partial charge in [0.25, 0.3) is 0 Å². The van der Waals surface area contributed by atoms with Crippen LogP contribution in [0, 0.1) is 11.8 Å². The second kappa shape index (κ2) is 3.92. The quantitative estimate of drug-likeness (QED) is 0.738. The molecule has 0 aliphatic carbocycles. The largest absolute Gasteiger partial charge is 0.396 e. The highest BCUT2D eigenvalue weighted by atomic mass is 16.8. The number of ether oxygens (including phenoxy) is 2. The summed E-state index contributed by atoms with van der Waals surface area (Å²) in [6.07, 6.45) is 1.50. The van der Waals surface area contributed by atoms with E-state index in [-0.39, 0.29) is 18.8 Å². The lowest BCUT2D eigenvalue weighted by Gasteiger charge is -2.42. The van der Waals surface area contributed by atoms with Crippen molar-refractivity contribution >= 4 is 0 Å². The number of hydrogen-bond donors (Lipinski definition) is 1. The summed E-state index contributed by atoms with van der Waals surface area (Å²) in [5, 5.41) is 9.64. The minimum atomic E-state index is -0.456. The highest BCUT2D eigenvalue weighted by molar-refractivity contribution is 5.05. The maximum atomic E-state index is 9.64. The van der Waals surface area contributed by atoms with Gasteiger partial charge in [0.2, 0.25) is 0 Å². The fourth-order valence-electron chi connectivity index (χ4n) is 3.82. The molecule has 0 bridgehead atoms. The number of rotatable bonds is 1. The van der Waals surface area contributed by atoms with Gasteiger partial charge >= 0.3 is 0 Å². The van der Waals surface area contributed by atoms with Gasteiger partial charge in [0.05, 0.1) is 0 Å². The minimum Gasteiger partial charge on any atom is -0.396 e. The predicted octanol–water partition coefficient (Wildman–Crippen LogP) is 0.839. The van der Waals surface area contributed by atoms with E-state index in [9.17, 15) is 5.11 Å². The molecule has 1 N–H and O–H groups in total. The predicted molar refractivity (Wildman–Crippen MR) is 63.5 cm³/mol. The molecule has 3 rings (SSSR count). The zero-order chi connectivity index (χ0) is 12.2. The van der Waals surface area contributed by atoms with Crippen LogP contribution in [0.3, 0.4) is 0 Å². The molecule has 4 nitrogen and oxygen atoms in total. The molecule has 0 aromatic heterocycles. The van der Waals surface area contributed by atoms with Crippen LogP contribution in [0.15, 0.2) is 0 Å². The van der Waals surface area contributed by atoms with Gasteiger partial charge in [-0.25, -0.2) is 0 Å². The number of fused-ring (bicyclic) bond motifs is 3. The van der Waals surface area contributed by atoms with E-state index in [1.807, 2.05) is 13.8 Å². The Labute approximate surface area is 103 Å². The number of aliphatic hydroxyl groups is 1. The van der Waals surface area contributed by atoms with Crippen LogP contribution >= 0.6 is 0 Å². The van der Waals surface area contributed by atoms with E-state index in [2.05, 4.69) is 11.8 Å². The Kier molecular flexibility index (Phi) is 2.74. The van der Waals surface area contributed by atoms with Crippen LogP contribution in [-0.4, -0.2) is 53.7 Å². The van der Waals surface area contributed by atoms with Gasteiger partial charge in [-0.2, -0.15) is 0 Å². The first-order valence-corrected chi connectivity index (χ1v) is 6.72. The molecule has 0 radical (unpaired) electrons. The van der Waals surface area contributed by atoms with Crippen LogP contribution in [0.4, 0.5) is 0 Å². The first-order chi connectivity index (χ1) is 8.02. The van der Waals surface area contributed by atoms with E-state index >= 15 is 0 Å². The topological polar surface area (TPSA) is 41.9 Å². The Balaban J connectivity index is 1.83. The molecule has 0 saturated carbocycles. The summed E-state index contributed by atoms with van der Waals surface area (Å²) in [6.45, 7) is 8.54. The normalized spacial score (nSPS) is 49.1. The van der Waals surface area contributed by atoms with Crippen molar-refractivity contribution in [3.05, 3.63) is 0 Å². The maximum absolute atomic E-state index is 9.64. The van der Waals surface area contributed by atoms with Gasteiger partial charge in [0.15, 0.2) is 5.79 Å². The Morgan fingerprint density at radius 2 is 2.12 bits per heavy atom. The smallest absolute Gasteiger partial charge is 0.163 e. The highest BCUT2D eigenvalue weighted by Crippen LogP contribution is 2.43. The van der Waals surface area contributed by atoms with E-state index in [1.54, 1.807) is 0 Å². The summed E-state index contributed by atoms with van der Waals surface area (Å²) in [5.74, 6) is 0.450. The molecule has 0 aromatic rings. The van der Waals surface area contributed by atoms with Crippen LogP contribution in [0.2, 0.25) is 0 Å². The Morgan fingerprint density at radius 1 is 1.35 bits per heavy atom. The molecule has 3 fully saturated rings. The molecule has 3 heterocycles. The molecule has 3 aliphatic heterocycles. The first kappa shape index (κ1) is 11.9. The summed E-state index contributed by atoms with van der Waals surface area (Å²) < 4.78 is 12.0. The summed E-state index contributed by atoms with van der Waals surface area (Å²) >= 11 is 0. The van der Waals surface area contributed by atoms with E-state index in [0.717, 1.165) is 13.1 Å². The number of hydrogen-bond acceptors (Lipinski definition) is 4. The van der Waals surface area contributed by atoms with Crippen LogP contribution in [0.1, 0.15) is 27.2 Å². The minimum absolute atomic E-state index is 0.143. The van der Waals surface area contributed by atoms with Crippen LogP contribution in [-0.2, 0) is 9.47 Å². The van der Waals surface area contributed by atoms with Crippen molar-refractivity contribution in [2.24, 2.45) is 11.8 Å². The van der Waals surface area contributed by atoms with Crippen molar-refractivity contribution < 1.29 is 14.6 Å². The second-order valence-corrected chi connectivity index (χ2v) is 6.24. The van der Waals surface area contributed by atoms with Crippen molar-refractivity contribution in [1.82, 2.24) is 4.90 Å². The lowest BCUT2D eigenvalue weighted by atomic mass is 9.80. The third kappa shape index (κ3) is 1.82. The number of nitrogens with zero attached hydrogens (tertiary/aromatic N) is 1. The van der Waals surface area contributed by atoms with Gasteiger partial charge in [-0.05, 0) is 32.7 Å². The molecule has 0 spiro atoms. The average Bonchev–Trinajstić information content (AvgIpc) is 2.70. The van der Waals surface area contributed by atoms with Crippen molar-refractivity contribution in [3.8, 4) is 0 Å². The van der Waals surface area contributed by atoms with Crippen molar-refractivity contribution in [1.29, 1.82) is 0 Å². The fourth-order valence-corrected chi connectivity index (χ4v) is 3.82. The van der Waals surface area contributed by atoms with Crippen LogP contribution < -0.4 is 0 Å². The van der Waals surface area contributed by atoms with Crippen LogP contribution in [0.5, 0.6) is 0 Å². The monoisotopic (exact) mass is 241 g/mol. The SMILES string of the molecule is C[C@@H]1CCN2C[C@H]3OC(C)(C)O[C@H]3[C@H]2[C@H]1CO. The molecule has 3 saturated heterocycles. The third-order valence-electron chi connectivity index (χ3n) is 4.65. The maximum Gasteiger partial charge on any atom is 0.163 e. The summed E-state index contributed by atoms with van der Waals surface area (Å²) in [7, 11) is 0. The van der Waals surface area contributed by atoms with E-state index in [1.165, 1.54) is 6.42 Å². The number of piperidine rings is 1. The number of aliphatic hydroxyl groups excluding tert-OH is 1. The molecular weight excluding hydrogens is 218 g/mol. The zero-order valence-corrected chi connectivity index (χ0v) is 10.9. The summed E-state index contributed by atoms with van der Waals surface area (Å²) in [6, 6.07) is 0.343. The van der Waals surface area contributed by atoms with Gasteiger partial charge < -0.3 is 14.6 Å². The van der Waals surface area contributed by atoms with Crippen molar-refractivity contribution in [2.75, 3.05) is 19.7 Å². The first-order valence-electron chi connectivity index (χ1n) is 6.72. The van der Waals surface area contributed by atoms with Crippen molar-refractivity contribution in [2.45, 2.75) is 51.2 Å². The highest BCUT2D eigenvalue weighted by Gasteiger charge is 2.56. The molecule has 5 atom stereocenters. The van der Waals surface area contributed by atoms with E-state index < -0.39 is 5.79 Å². The second-order valence-electron chi connectivity index (χ2n) is 6.24. The lowest BCUT2D eigenvalue weighted by Crippen LogP contribution is -2.51. The van der Waals surface area contributed by atoms with Gasteiger partial charge in [-0.1, -0.05) is 6.92 Å².